The lowest BCUT2D eigenvalue weighted by Gasteiger charge is -2.60. The summed E-state index contributed by atoms with van der Waals surface area (Å²) in [6.45, 7) is 11.6. The molecule has 0 aromatic rings. The second-order valence-corrected chi connectivity index (χ2v) is 13.5. The van der Waals surface area contributed by atoms with Gasteiger partial charge >= 0.3 is 5.97 Å². The van der Waals surface area contributed by atoms with Crippen LogP contribution in [0.3, 0.4) is 0 Å². The van der Waals surface area contributed by atoms with E-state index >= 15 is 0 Å². The zero-order valence-corrected chi connectivity index (χ0v) is 21.8. The van der Waals surface area contributed by atoms with Crippen molar-refractivity contribution in [3.05, 3.63) is 0 Å². The van der Waals surface area contributed by atoms with Gasteiger partial charge in [0.05, 0.1) is 12.7 Å². The first kappa shape index (κ1) is 23.5. The Morgan fingerprint density at radius 3 is 2.53 bits per heavy atom. The molecule has 6 fully saturated rings. The predicted octanol–water partition coefficient (Wildman–Crippen LogP) is 5.54. The van der Waals surface area contributed by atoms with Gasteiger partial charge in [0.25, 0.3) is 0 Å². The highest BCUT2D eigenvalue weighted by Crippen LogP contribution is 2.70. The molecule has 2 heterocycles. The van der Waals surface area contributed by atoms with Crippen molar-refractivity contribution < 1.29 is 23.8 Å². The summed E-state index contributed by atoms with van der Waals surface area (Å²) in [5, 5.41) is 0. The van der Waals surface area contributed by atoms with Gasteiger partial charge in [-0.1, -0.05) is 27.7 Å². The molecule has 4 aliphatic carbocycles. The van der Waals surface area contributed by atoms with Crippen molar-refractivity contribution in [2.24, 2.45) is 52.3 Å². The highest BCUT2D eigenvalue weighted by Gasteiger charge is 2.71. The summed E-state index contributed by atoms with van der Waals surface area (Å²) in [6.07, 6.45) is 9.47. The molecule has 190 valence electrons. The first-order valence-corrected chi connectivity index (χ1v) is 14.1. The van der Waals surface area contributed by atoms with Gasteiger partial charge in [-0.25, -0.2) is 0 Å². The summed E-state index contributed by atoms with van der Waals surface area (Å²) in [4.78, 5) is 25.7. The zero-order valence-electron chi connectivity index (χ0n) is 21.8. The van der Waals surface area contributed by atoms with Gasteiger partial charge in [-0.15, -0.1) is 0 Å². The highest BCUT2D eigenvalue weighted by molar-refractivity contribution is 5.87. The standard InChI is InChI=1S/C29H44O5/c1-16-8-11-29(32-15-16)17(2)26-24(34-29)13-23-21-7-6-19-12-20(33-18(3)30)9-10-27(19,4)22(21)14-25(31)28(23,26)5/h16-17,19-24,26H,6-15H2,1-5H3/t16-,17+,19+,20+,21?,22?,23?,24?,26?,27+,28-,29-/m1/s1. The topological polar surface area (TPSA) is 61.8 Å². The SMILES string of the molecule is CC(=O)O[C@H]1CC[C@]2(C)C3CC(=O)[C@@]4(C)C(CC5O[C@]6(CC[C@@H](C)CO6)[C@@H](C)C54)C3CC[C@H]2C1. The Morgan fingerprint density at radius 2 is 1.82 bits per heavy atom. The molecule has 0 aromatic heterocycles. The predicted molar refractivity (Wildman–Crippen MR) is 128 cm³/mol. The maximum Gasteiger partial charge on any atom is 0.302 e. The van der Waals surface area contributed by atoms with Gasteiger partial charge in [0.2, 0.25) is 0 Å². The third-order valence-electron chi connectivity index (χ3n) is 12.1. The molecule has 0 aromatic carbocycles. The lowest BCUT2D eigenvalue weighted by atomic mass is 9.44. The van der Waals surface area contributed by atoms with Crippen LogP contribution in [0.5, 0.6) is 0 Å². The summed E-state index contributed by atoms with van der Waals surface area (Å²) < 4.78 is 18.8. The molecule has 5 nitrogen and oxygen atoms in total. The van der Waals surface area contributed by atoms with Crippen LogP contribution in [0.1, 0.15) is 92.4 Å². The monoisotopic (exact) mass is 472 g/mol. The Balaban J connectivity index is 1.25. The first-order valence-electron chi connectivity index (χ1n) is 14.1. The molecule has 0 radical (unpaired) electrons. The summed E-state index contributed by atoms with van der Waals surface area (Å²) >= 11 is 0. The Bertz CT molecular complexity index is 861. The van der Waals surface area contributed by atoms with E-state index in [1.807, 2.05) is 0 Å². The van der Waals surface area contributed by atoms with Crippen molar-refractivity contribution in [1.82, 2.24) is 0 Å². The molecule has 2 saturated heterocycles. The van der Waals surface area contributed by atoms with Crippen molar-refractivity contribution in [1.29, 1.82) is 0 Å². The van der Waals surface area contributed by atoms with E-state index in [2.05, 4.69) is 27.7 Å². The van der Waals surface area contributed by atoms with Crippen LogP contribution in [0.25, 0.3) is 0 Å². The number of carbonyl (C=O) groups is 2. The third kappa shape index (κ3) is 3.11. The quantitative estimate of drug-likeness (QED) is 0.469. The number of ketones is 1. The van der Waals surface area contributed by atoms with E-state index in [-0.39, 0.29) is 40.8 Å². The van der Waals surface area contributed by atoms with Crippen molar-refractivity contribution in [3.63, 3.8) is 0 Å². The number of hydrogen-bond acceptors (Lipinski definition) is 5. The van der Waals surface area contributed by atoms with Gasteiger partial charge in [-0.05, 0) is 80.0 Å². The Kier molecular flexibility index (Phi) is 5.37. The molecular weight excluding hydrogens is 428 g/mol. The smallest absolute Gasteiger partial charge is 0.302 e. The van der Waals surface area contributed by atoms with Crippen LogP contribution < -0.4 is 0 Å². The Labute approximate surface area is 205 Å². The molecule has 6 aliphatic rings. The summed E-state index contributed by atoms with van der Waals surface area (Å²) in [5.74, 6) is 3.07. The number of ether oxygens (including phenoxy) is 3. The van der Waals surface area contributed by atoms with E-state index in [9.17, 15) is 9.59 Å². The number of hydrogen-bond donors (Lipinski definition) is 0. The van der Waals surface area contributed by atoms with Gasteiger partial charge < -0.3 is 14.2 Å². The van der Waals surface area contributed by atoms with Crippen LogP contribution in [0.4, 0.5) is 0 Å². The minimum absolute atomic E-state index is 0.0613. The van der Waals surface area contributed by atoms with E-state index in [0.717, 1.165) is 51.6 Å². The van der Waals surface area contributed by atoms with Crippen LogP contribution in [0, 0.1) is 52.3 Å². The number of rotatable bonds is 1. The molecule has 34 heavy (non-hydrogen) atoms. The average Bonchev–Trinajstić information content (AvgIpc) is 3.23. The minimum Gasteiger partial charge on any atom is -0.463 e. The zero-order chi connectivity index (χ0) is 24.0. The Hall–Kier alpha value is -0.940. The molecule has 0 amide bonds. The van der Waals surface area contributed by atoms with Crippen molar-refractivity contribution in [2.45, 2.75) is 110 Å². The fourth-order valence-corrected chi connectivity index (χ4v) is 10.3. The number of carbonyl (C=O) groups excluding carboxylic acids is 2. The lowest BCUT2D eigenvalue weighted by molar-refractivity contribution is -0.272. The molecule has 5 unspecified atom stereocenters. The summed E-state index contributed by atoms with van der Waals surface area (Å²) in [7, 11) is 0. The summed E-state index contributed by atoms with van der Waals surface area (Å²) in [5.41, 5.74) is -0.0934. The van der Waals surface area contributed by atoms with Crippen molar-refractivity contribution in [2.75, 3.05) is 6.61 Å². The molecule has 0 N–H and O–H groups in total. The van der Waals surface area contributed by atoms with Crippen molar-refractivity contribution >= 4 is 11.8 Å². The fraction of sp³-hybridized carbons (Fsp3) is 0.931. The van der Waals surface area contributed by atoms with Gasteiger partial charge in [0, 0.05) is 37.0 Å². The second-order valence-electron chi connectivity index (χ2n) is 13.5. The fourth-order valence-electron chi connectivity index (χ4n) is 10.3. The lowest BCUT2D eigenvalue weighted by Crippen LogP contribution is -2.58. The van der Waals surface area contributed by atoms with Crippen molar-refractivity contribution in [3.8, 4) is 0 Å². The van der Waals surface area contributed by atoms with Crippen LogP contribution in [-0.4, -0.2) is 36.4 Å². The minimum atomic E-state index is -0.467. The van der Waals surface area contributed by atoms with E-state index in [1.54, 1.807) is 0 Å². The van der Waals surface area contributed by atoms with E-state index in [4.69, 9.17) is 14.2 Å². The number of esters is 1. The van der Waals surface area contributed by atoms with Crippen LogP contribution in [0.15, 0.2) is 0 Å². The van der Waals surface area contributed by atoms with Crippen LogP contribution >= 0.6 is 0 Å². The maximum atomic E-state index is 14.1. The molecule has 4 saturated carbocycles. The summed E-state index contributed by atoms with van der Waals surface area (Å²) in [6, 6.07) is 0. The largest absolute Gasteiger partial charge is 0.463 e. The average molecular weight is 473 g/mol. The van der Waals surface area contributed by atoms with Gasteiger partial charge in [-0.3, -0.25) is 9.59 Å². The Morgan fingerprint density at radius 1 is 1.03 bits per heavy atom. The molecule has 2 aliphatic heterocycles. The van der Waals surface area contributed by atoms with Gasteiger partial charge in [-0.2, -0.15) is 0 Å². The molecular formula is C29H44O5. The molecule has 6 rings (SSSR count). The van der Waals surface area contributed by atoms with Crippen LogP contribution in [-0.2, 0) is 23.8 Å². The second kappa shape index (κ2) is 7.78. The molecule has 5 heteroatoms. The first-order chi connectivity index (χ1) is 16.1. The molecule has 12 atom stereocenters. The highest BCUT2D eigenvalue weighted by atomic mass is 16.7. The number of fused-ring (bicyclic) bond motifs is 7. The van der Waals surface area contributed by atoms with E-state index < -0.39 is 5.79 Å². The molecule has 0 bridgehead atoms. The van der Waals surface area contributed by atoms with E-state index in [1.165, 1.54) is 19.8 Å². The van der Waals surface area contributed by atoms with Crippen LogP contribution in [0.2, 0.25) is 0 Å². The number of Topliss-reactive ketones (excluding diaryl/α,β-unsaturated/α-hetero) is 1. The molecule has 1 spiro atoms. The normalized spacial score (nSPS) is 56.4. The van der Waals surface area contributed by atoms with Gasteiger partial charge in [0.15, 0.2) is 5.79 Å². The maximum absolute atomic E-state index is 14.1. The van der Waals surface area contributed by atoms with E-state index in [0.29, 0.717) is 35.4 Å². The third-order valence-corrected chi connectivity index (χ3v) is 12.1. The van der Waals surface area contributed by atoms with Gasteiger partial charge in [0.1, 0.15) is 11.9 Å².